The zero-order valence-electron chi connectivity index (χ0n) is 22.5. The van der Waals surface area contributed by atoms with Crippen LogP contribution in [0, 0.1) is 0 Å². The first kappa shape index (κ1) is 35.0. The van der Waals surface area contributed by atoms with Crippen LogP contribution in [0.1, 0.15) is 22.3 Å². The summed E-state index contributed by atoms with van der Waals surface area (Å²) in [6, 6.07) is 2.19. The van der Waals surface area contributed by atoms with Crippen LogP contribution in [0.3, 0.4) is 0 Å². The van der Waals surface area contributed by atoms with Crippen molar-refractivity contribution in [2.24, 2.45) is 0 Å². The Labute approximate surface area is 252 Å². The van der Waals surface area contributed by atoms with E-state index in [4.69, 9.17) is 9.47 Å². The fraction of sp³-hybridized carbons (Fsp3) is 0.308. The number of carboxylic acids is 2. The van der Waals surface area contributed by atoms with Gasteiger partial charge in [0.15, 0.2) is 0 Å². The van der Waals surface area contributed by atoms with Crippen molar-refractivity contribution in [2.45, 2.75) is 50.4 Å². The third-order valence-corrected chi connectivity index (χ3v) is 6.19. The lowest BCUT2D eigenvalue weighted by atomic mass is 9.97. The molecule has 2 aliphatic rings. The van der Waals surface area contributed by atoms with Gasteiger partial charge in [0, 0.05) is 35.3 Å². The molecule has 0 radical (unpaired) electrons. The van der Waals surface area contributed by atoms with E-state index in [1.807, 2.05) is 0 Å². The highest BCUT2D eigenvalue weighted by molar-refractivity contribution is 5.96. The van der Waals surface area contributed by atoms with Gasteiger partial charge in [-0.3, -0.25) is 0 Å². The number of hydrogen-bond acceptors (Lipinski definition) is 6. The molecule has 4 N–H and O–H groups in total. The summed E-state index contributed by atoms with van der Waals surface area (Å²) in [5, 5.41) is 21.0. The molecule has 2 aromatic rings. The lowest BCUT2D eigenvalue weighted by Gasteiger charge is -2.29. The van der Waals surface area contributed by atoms with Crippen molar-refractivity contribution in [3.63, 3.8) is 0 Å². The largest absolute Gasteiger partial charge is 0.573 e. The van der Waals surface area contributed by atoms with Gasteiger partial charge < -0.3 is 39.3 Å². The van der Waals surface area contributed by atoms with Crippen molar-refractivity contribution in [1.82, 2.24) is 5.32 Å². The van der Waals surface area contributed by atoms with E-state index < -0.39 is 119 Å². The van der Waals surface area contributed by atoms with Crippen LogP contribution in [0.15, 0.2) is 35.4 Å². The molecule has 9 nitrogen and oxygen atoms in total. The number of benzene rings is 2. The number of rotatable bonds is 8. The first-order chi connectivity index (χ1) is 21.4. The number of carboxylic acid groups (broad SMARTS) is 2. The second-order valence-corrected chi connectivity index (χ2v) is 9.61. The van der Waals surface area contributed by atoms with Gasteiger partial charge in [0.25, 0.3) is 0 Å². The third kappa shape index (κ3) is 8.32. The summed E-state index contributed by atoms with van der Waals surface area (Å²) in [4.78, 5) is 20.8. The molecular formula is C26H16F12NO8+. The zero-order chi connectivity index (χ0) is 35.3. The van der Waals surface area contributed by atoms with Gasteiger partial charge in [-0.1, -0.05) is 0 Å². The number of fused-ring (bicyclic) bond motifs is 2. The Morgan fingerprint density at radius 1 is 0.702 bits per heavy atom. The zero-order valence-corrected chi connectivity index (χ0v) is 22.5. The SMILES string of the molecule is O=C(O)C1=Cc2cc(OC(F)(F)F)cc(CNCc3cc(OC(F)(F)F)cc4c3OC(C(F)(F)F)C(C(O)=[OH+])=C4)c2OC1C(F)(F)F. The van der Waals surface area contributed by atoms with Crippen LogP contribution in [0.4, 0.5) is 52.7 Å². The van der Waals surface area contributed by atoms with Crippen LogP contribution in [-0.4, -0.2) is 64.2 Å². The number of aliphatic hydroxyl groups excluding tert-OH is 1. The molecule has 0 spiro atoms. The first-order valence-electron chi connectivity index (χ1n) is 12.4. The molecule has 0 fully saturated rings. The molecule has 2 aromatic carbocycles. The lowest BCUT2D eigenvalue weighted by molar-refractivity contribution is -0.275. The number of aliphatic carboxylic acids is 2. The summed E-state index contributed by atoms with van der Waals surface area (Å²) in [7, 11) is 0. The molecule has 2 aliphatic heterocycles. The van der Waals surface area contributed by atoms with Crippen molar-refractivity contribution in [1.29, 1.82) is 0 Å². The molecule has 47 heavy (non-hydrogen) atoms. The van der Waals surface area contributed by atoms with E-state index in [9.17, 15) is 72.5 Å². The van der Waals surface area contributed by atoms with Crippen LogP contribution in [-0.2, 0) is 17.9 Å². The molecule has 21 heteroatoms. The number of hydrogen-bond donors (Lipinski definition) is 3. The summed E-state index contributed by atoms with van der Waals surface area (Å²) in [6.45, 7) is -1.59. The molecule has 2 atom stereocenters. The molecule has 0 aromatic heterocycles. The van der Waals surface area contributed by atoms with Crippen LogP contribution < -0.4 is 24.3 Å². The highest BCUT2D eigenvalue weighted by Crippen LogP contribution is 2.44. The van der Waals surface area contributed by atoms with E-state index in [2.05, 4.69) is 14.8 Å². The molecule has 2 heterocycles. The van der Waals surface area contributed by atoms with E-state index >= 15 is 0 Å². The smallest absolute Gasteiger partial charge is 0.478 e. The van der Waals surface area contributed by atoms with Gasteiger partial charge in [0.1, 0.15) is 28.6 Å². The highest BCUT2D eigenvalue weighted by atomic mass is 19.4. The van der Waals surface area contributed by atoms with E-state index in [1.165, 1.54) is 0 Å². The van der Waals surface area contributed by atoms with Gasteiger partial charge in [-0.15, -0.1) is 26.3 Å². The molecular weight excluding hydrogens is 682 g/mol. The van der Waals surface area contributed by atoms with Gasteiger partial charge in [-0.2, -0.15) is 26.3 Å². The number of halogens is 12. The summed E-state index contributed by atoms with van der Waals surface area (Å²) >= 11 is 0. The Balaban J connectivity index is 1.75. The maximum absolute atomic E-state index is 13.6. The fourth-order valence-electron chi connectivity index (χ4n) is 4.54. The van der Waals surface area contributed by atoms with E-state index in [-0.39, 0.29) is 0 Å². The van der Waals surface area contributed by atoms with Gasteiger partial charge in [-0.05, 0) is 36.4 Å². The van der Waals surface area contributed by atoms with E-state index in [1.54, 1.807) is 0 Å². The summed E-state index contributed by atoms with van der Waals surface area (Å²) < 4.78 is 177. The minimum atomic E-state index is -5.33. The first-order valence-corrected chi connectivity index (χ1v) is 12.4. The minimum Gasteiger partial charge on any atom is -0.478 e. The van der Waals surface area contributed by atoms with Gasteiger partial charge in [0.2, 0.25) is 12.2 Å². The number of carbonyl (C=O) groups is 1. The predicted octanol–water partition coefficient (Wildman–Crippen LogP) is 6.33. The number of ether oxygens (including phenoxy) is 4. The minimum absolute atomic E-state index is 0.392. The Morgan fingerprint density at radius 2 is 1.09 bits per heavy atom. The lowest BCUT2D eigenvalue weighted by Crippen LogP contribution is -2.41. The summed E-state index contributed by atoms with van der Waals surface area (Å²) in [5.74, 6) is -7.59. The Kier molecular flexibility index (Phi) is 9.01. The molecule has 4 rings (SSSR count). The maximum atomic E-state index is 13.6. The molecule has 0 aliphatic carbocycles. The standard InChI is InChI=1S/C26H15F12NO8/c27-23(28,29)19-15(21(40)41)5-9-1-13(46-25(33,34)35)3-11(17(9)44-19)7-39-8-12-4-14(47-26(36,37)38)2-10-6-16(22(42)43)20(24(30,31)32)45-18(10)12/h1-6,19-20,39H,7-8H2,(H,40,41)(H,42,43)/p+1. The van der Waals surface area contributed by atoms with Crippen molar-refractivity contribution in [3.05, 3.63) is 57.7 Å². The molecule has 2 unspecified atom stereocenters. The third-order valence-electron chi connectivity index (χ3n) is 6.19. The molecule has 0 bridgehead atoms. The Bertz CT molecular complexity index is 1520. The second-order valence-electron chi connectivity index (χ2n) is 9.61. The van der Waals surface area contributed by atoms with Gasteiger partial charge in [0.05, 0.1) is 5.57 Å². The Hall–Kier alpha value is -4.82. The van der Waals surface area contributed by atoms with Crippen molar-refractivity contribution in [3.8, 4) is 23.0 Å². The van der Waals surface area contributed by atoms with Crippen molar-refractivity contribution >= 4 is 24.1 Å². The topological polar surface area (TPSA) is 128 Å². The van der Waals surface area contributed by atoms with Gasteiger partial charge in [-0.25, -0.2) is 4.79 Å². The average Bonchev–Trinajstić information content (AvgIpc) is 2.88. The van der Waals surface area contributed by atoms with Crippen molar-refractivity contribution in [2.75, 3.05) is 0 Å². The van der Waals surface area contributed by atoms with Crippen LogP contribution in [0.25, 0.3) is 12.2 Å². The van der Waals surface area contributed by atoms with Gasteiger partial charge >= 0.3 is 37.0 Å². The quantitative estimate of drug-likeness (QED) is 0.216. The monoisotopic (exact) mass is 698 g/mol. The van der Waals surface area contributed by atoms with E-state index in [0.29, 0.717) is 36.4 Å². The predicted molar refractivity (Wildman–Crippen MR) is 131 cm³/mol. The summed E-state index contributed by atoms with van der Waals surface area (Å²) in [6.07, 6.45) is -26.6. The van der Waals surface area contributed by atoms with Crippen LogP contribution in [0.2, 0.25) is 0 Å². The van der Waals surface area contributed by atoms with Crippen molar-refractivity contribution < 1.29 is 91.4 Å². The highest BCUT2D eigenvalue weighted by Gasteiger charge is 2.51. The van der Waals surface area contributed by atoms with Crippen LogP contribution in [0.5, 0.6) is 23.0 Å². The number of nitrogens with one attached hydrogen (secondary N) is 1. The second kappa shape index (κ2) is 12.1. The maximum Gasteiger partial charge on any atom is 0.573 e. The van der Waals surface area contributed by atoms with E-state index in [0.717, 1.165) is 0 Å². The normalized spacial score (nSPS) is 18.1. The molecule has 0 saturated carbocycles. The number of alkyl halides is 12. The fourth-order valence-corrected chi connectivity index (χ4v) is 4.54. The molecule has 0 saturated heterocycles. The summed E-state index contributed by atoms with van der Waals surface area (Å²) in [5.41, 5.74) is -4.91. The Morgan fingerprint density at radius 3 is 1.43 bits per heavy atom. The van der Waals surface area contributed by atoms with Crippen LogP contribution >= 0.6 is 0 Å². The molecule has 0 amide bonds. The molecule has 256 valence electrons. The average molecular weight is 698 g/mol.